The third kappa shape index (κ3) is 3.99. The summed E-state index contributed by atoms with van der Waals surface area (Å²) >= 11 is 0. The third-order valence-corrected chi connectivity index (χ3v) is 6.33. The first kappa shape index (κ1) is 18.8. The molecule has 1 fully saturated rings. The highest BCUT2D eigenvalue weighted by molar-refractivity contribution is 7.87. The fourth-order valence-corrected chi connectivity index (χ4v) is 4.17. The van der Waals surface area contributed by atoms with Crippen molar-refractivity contribution < 1.29 is 12.6 Å². The van der Waals surface area contributed by atoms with E-state index in [1.165, 1.54) is 32.1 Å². The first-order chi connectivity index (χ1) is 13.6. The van der Waals surface area contributed by atoms with Gasteiger partial charge in [0.25, 0.3) is 0 Å². The van der Waals surface area contributed by atoms with Crippen LogP contribution in [0.5, 0.6) is 5.75 Å². The first-order valence-corrected chi connectivity index (χ1v) is 11.4. The molecule has 0 unspecified atom stereocenters. The van der Waals surface area contributed by atoms with E-state index in [9.17, 15) is 8.42 Å². The van der Waals surface area contributed by atoms with Crippen LogP contribution < -0.4 is 9.50 Å². The molecule has 28 heavy (non-hydrogen) atoms. The third-order valence-electron chi connectivity index (χ3n) is 5.18. The Kier molecular flexibility index (Phi) is 5.26. The van der Waals surface area contributed by atoms with Gasteiger partial charge in [-0.05, 0) is 56.2 Å². The van der Waals surface area contributed by atoms with Gasteiger partial charge in [-0.3, -0.25) is 4.40 Å². The van der Waals surface area contributed by atoms with Crippen molar-refractivity contribution in [2.45, 2.75) is 45.1 Å². The lowest BCUT2D eigenvalue weighted by atomic mass is 9.95. The molecule has 4 rings (SSSR count). The van der Waals surface area contributed by atoms with E-state index in [1.54, 1.807) is 19.1 Å². The van der Waals surface area contributed by atoms with E-state index in [0.717, 1.165) is 22.7 Å². The predicted molar refractivity (Wildman–Crippen MR) is 111 cm³/mol. The summed E-state index contributed by atoms with van der Waals surface area (Å²) in [6.07, 6.45) is 8.16. The molecule has 6 nitrogen and oxygen atoms in total. The Morgan fingerprint density at radius 1 is 1.11 bits per heavy atom. The molecule has 148 valence electrons. The number of fused-ring (bicyclic) bond motifs is 1. The van der Waals surface area contributed by atoms with Crippen molar-refractivity contribution >= 4 is 21.6 Å². The quantitative estimate of drug-likeness (QED) is 0.619. The van der Waals surface area contributed by atoms with Crippen LogP contribution in [0.4, 0.5) is 5.82 Å². The molecule has 7 heteroatoms. The standard InChI is InChI=1S/C21H25N3O3S/c1-2-28(25,26)27-18-13-11-16(12-14-18)20-21(22-17-8-4-3-5-9-17)24-15-7-6-10-19(24)23-20/h6-7,10-15,17,22H,2-5,8-9H2,1H3. The molecule has 1 aliphatic carbocycles. The van der Waals surface area contributed by atoms with Gasteiger partial charge in [0.2, 0.25) is 0 Å². The summed E-state index contributed by atoms with van der Waals surface area (Å²) in [4.78, 5) is 4.81. The fraction of sp³-hybridized carbons (Fsp3) is 0.381. The maximum absolute atomic E-state index is 11.7. The number of benzene rings is 1. The lowest BCUT2D eigenvalue weighted by Crippen LogP contribution is -2.23. The molecule has 1 aliphatic rings. The molecule has 0 spiro atoms. The van der Waals surface area contributed by atoms with Gasteiger partial charge in [0.15, 0.2) is 0 Å². The van der Waals surface area contributed by atoms with Gasteiger partial charge in [-0.2, -0.15) is 8.42 Å². The normalized spacial score (nSPS) is 15.6. The number of hydrogen-bond donors (Lipinski definition) is 1. The molecular weight excluding hydrogens is 374 g/mol. The Morgan fingerprint density at radius 3 is 2.57 bits per heavy atom. The lowest BCUT2D eigenvalue weighted by Gasteiger charge is -2.24. The maximum atomic E-state index is 11.7. The number of nitrogens with zero attached hydrogens (tertiary/aromatic N) is 2. The Bertz CT molecular complexity index is 1050. The Labute approximate surface area is 165 Å². The molecular formula is C21H25N3O3S. The van der Waals surface area contributed by atoms with Crippen LogP contribution in [-0.4, -0.2) is 29.6 Å². The minimum Gasteiger partial charge on any atom is -0.382 e. The summed E-state index contributed by atoms with van der Waals surface area (Å²) in [5.74, 6) is 1.24. The summed E-state index contributed by atoms with van der Waals surface area (Å²) in [5, 5.41) is 3.71. The van der Waals surface area contributed by atoms with Crippen molar-refractivity contribution in [3.63, 3.8) is 0 Å². The molecule has 0 saturated heterocycles. The van der Waals surface area contributed by atoms with Crippen LogP contribution in [-0.2, 0) is 10.1 Å². The number of aromatic nitrogens is 2. The average molecular weight is 400 g/mol. The highest BCUT2D eigenvalue weighted by Gasteiger charge is 2.19. The largest absolute Gasteiger partial charge is 0.382 e. The van der Waals surface area contributed by atoms with Crippen molar-refractivity contribution in [1.82, 2.24) is 9.38 Å². The monoisotopic (exact) mass is 399 g/mol. The van der Waals surface area contributed by atoms with Crippen LogP contribution in [0.2, 0.25) is 0 Å². The van der Waals surface area contributed by atoms with Crippen LogP contribution in [0.3, 0.4) is 0 Å². The predicted octanol–water partition coefficient (Wildman–Crippen LogP) is 4.47. The number of imidazole rings is 1. The second-order valence-electron chi connectivity index (χ2n) is 7.17. The van der Waals surface area contributed by atoms with Crippen molar-refractivity contribution in [2.24, 2.45) is 0 Å². The van der Waals surface area contributed by atoms with Crippen LogP contribution in [0.15, 0.2) is 48.7 Å². The summed E-state index contributed by atoms with van der Waals surface area (Å²) < 4.78 is 30.5. The summed E-state index contributed by atoms with van der Waals surface area (Å²) in [6, 6.07) is 13.5. The van der Waals surface area contributed by atoms with Crippen molar-refractivity contribution in [2.75, 3.05) is 11.1 Å². The number of pyridine rings is 1. The zero-order valence-electron chi connectivity index (χ0n) is 16.0. The van der Waals surface area contributed by atoms with E-state index in [-0.39, 0.29) is 5.75 Å². The summed E-state index contributed by atoms with van der Waals surface area (Å²) in [6.45, 7) is 1.56. The molecule has 0 amide bonds. The van der Waals surface area contributed by atoms with E-state index in [2.05, 4.69) is 9.72 Å². The molecule has 1 saturated carbocycles. The molecule has 0 atom stereocenters. The minimum atomic E-state index is -3.53. The van der Waals surface area contributed by atoms with E-state index in [4.69, 9.17) is 9.17 Å². The topological polar surface area (TPSA) is 72.7 Å². The average Bonchev–Trinajstić information content (AvgIpc) is 3.08. The second kappa shape index (κ2) is 7.83. The molecule has 2 heterocycles. The Balaban J connectivity index is 1.68. The number of hydrogen-bond acceptors (Lipinski definition) is 5. The van der Waals surface area contributed by atoms with E-state index in [1.807, 2.05) is 36.5 Å². The lowest BCUT2D eigenvalue weighted by molar-refractivity contribution is 0.462. The SMILES string of the molecule is CCS(=O)(=O)Oc1ccc(-c2nc3ccccn3c2NC2CCCCC2)cc1. The van der Waals surface area contributed by atoms with E-state index < -0.39 is 10.1 Å². The molecule has 1 aromatic carbocycles. The van der Waals surface area contributed by atoms with Gasteiger partial charge in [-0.25, -0.2) is 4.98 Å². The van der Waals surface area contributed by atoms with Gasteiger partial charge in [-0.15, -0.1) is 0 Å². The van der Waals surface area contributed by atoms with Crippen molar-refractivity contribution in [1.29, 1.82) is 0 Å². The van der Waals surface area contributed by atoms with Crippen molar-refractivity contribution in [3.05, 3.63) is 48.7 Å². The van der Waals surface area contributed by atoms with Gasteiger partial charge in [-0.1, -0.05) is 25.3 Å². The maximum Gasteiger partial charge on any atom is 0.308 e. The smallest absolute Gasteiger partial charge is 0.308 e. The van der Waals surface area contributed by atoms with Crippen molar-refractivity contribution in [3.8, 4) is 17.0 Å². The fourth-order valence-electron chi connectivity index (χ4n) is 3.65. The highest BCUT2D eigenvalue weighted by atomic mass is 32.2. The van der Waals surface area contributed by atoms with Gasteiger partial charge < -0.3 is 9.50 Å². The Morgan fingerprint density at radius 2 is 1.86 bits per heavy atom. The minimum absolute atomic E-state index is 0.0589. The summed E-state index contributed by atoms with van der Waals surface area (Å²) in [5.41, 5.74) is 2.66. The van der Waals surface area contributed by atoms with E-state index >= 15 is 0 Å². The summed E-state index contributed by atoms with van der Waals surface area (Å²) in [7, 11) is -3.53. The molecule has 0 aliphatic heterocycles. The first-order valence-electron chi connectivity index (χ1n) is 9.82. The van der Waals surface area contributed by atoms with Crippen LogP contribution in [0, 0.1) is 0 Å². The zero-order valence-corrected chi connectivity index (χ0v) is 16.8. The van der Waals surface area contributed by atoms with Crippen LogP contribution >= 0.6 is 0 Å². The van der Waals surface area contributed by atoms with Gasteiger partial charge in [0, 0.05) is 17.8 Å². The second-order valence-corrected chi connectivity index (χ2v) is 9.03. The number of rotatable bonds is 6. The highest BCUT2D eigenvalue weighted by Crippen LogP contribution is 2.32. The van der Waals surface area contributed by atoms with Gasteiger partial charge in [0.1, 0.15) is 22.9 Å². The van der Waals surface area contributed by atoms with Crippen LogP contribution in [0.25, 0.3) is 16.9 Å². The Hall–Kier alpha value is -2.54. The number of anilines is 1. The molecule has 0 radical (unpaired) electrons. The molecule has 0 bridgehead atoms. The molecule has 3 aromatic rings. The molecule has 2 aromatic heterocycles. The number of nitrogens with one attached hydrogen (secondary N) is 1. The van der Waals surface area contributed by atoms with E-state index in [0.29, 0.717) is 11.8 Å². The van der Waals surface area contributed by atoms with Gasteiger partial charge >= 0.3 is 10.1 Å². The van der Waals surface area contributed by atoms with Gasteiger partial charge in [0.05, 0.1) is 5.75 Å². The van der Waals surface area contributed by atoms with Crippen LogP contribution in [0.1, 0.15) is 39.0 Å². The molecule has 1 N–H and O–H groups in total. The zero-order chi connectivity index (χ0) is 19.6.